The van der Waals surface area contributed by atoms with Gasteiger partial charge in [-0.05, 0) is 55.5 Å². The SMILES string of the molecule is Cc1ccc2cc(C3CCN(c4c(C#N)c(=O)n(C)c5ccccc45)CC3)ccc2n1. The molecule has 31 heavy (non-hydrogen) atoms. The van der Waals surface area contributed by atoms with Crippen molar-refractivity contribution in [2.45, 2.75) is 25.7 Å². The van der Waals surface area contributed by atoms with Gasteiger partial charge in [-0.3, -0.25) is 9.78 Å². The molecule has 1 saturated heterocycles. The van der Waals surface area contributed by atoms with Crippen molar-refractivity contribution < 1.29 is 0 Å². The van der Waals surface area contributed by atoms with E-state index in [1.54, 1.807) is 11.6 Å². The molecule has 5 nitrogen and oxygen atoms in total. The van der Waals surface area contributed by atoms with Gasteiger partial charge in [-0.1, -0.05) is 30.3 Å². The lowest BCUT2D eigenvalue weighted by atomic mass is 9.88. The van der Waals surface area contributed by atoms with E-state index in [1.165, 1.54) is 10.9 Å². The smallest absolute Gasteiger partial charge is 0.270 e. The third kappa shape index (κ3) is 3.25. The Hall–Kier alpha value is -3.65. The standard InChI is InChI=1S/C26H24N4O/c1-17-7-8-20-15-19(9-10-23(20)28-17)18-11-13-30(14-12-18)25-21-5-3-4-6-24(21)29(2)26(31)22(25)16-27/h3-10,15,18H,11-14H2,1-2H3. The molecule has 5 heteroatoms. The Morgan fingerprint density at radius 1 is 1.06 bits per heavy atom. The lowest BCUT2D eigenvalue weighted by Crippen LogP contribution is -2.35. The van der Waals surface area contributed by atoms with Crippen molar-refractivity contribution in [2.75, 3.05) is 18.0 Å². The second-order valence-corrected chi connectivity index (χ2v) is 8.38. The summed E-state index contributed by atoms with van der Waals surface area (Å²) in [6, 6.07) is 20.8. The van der Waals surface area contributed by atoms with Gasteiger partial charge in [0, 0.05) is 36.6 Å². The zero-order valence-electron chi connectivity index (χ0n) is 17.8. The van der Waals surface area contributed by atoms with E-state index in [0.717, 1.165) is 53.7 Å². The number of aromatic nitrogens is 2. The van der Waals surface area contributed by atoms with Gasteiger partial charge in [-0.25, -0.2) is 0 Å². The van der Waals surface area contributed by atoms with Gasteiger partial charge < -0.3 is 9.47 Å². The molecule has 3 heterocycles. The Morgan fingerprint density at radius 3 is 2.61 bits per heavy atom. The average molecular weight is 409 g/mol. The monoisotopic (exact) mass is 408 g/mol. The van der Waals surface area contributed by atoms with Crippen LogP contribution < -0.4 is 10.5 Å². The number of benzene rings is 2. The average Bonchev–Trinajstić information content (AvgIpc) is 2.81. The zero-order valence-corrected chi connectivity index (χ0v) is 17.8. The van der Waals surface area contributed by atoms with Crippen molar-refractivity contribution in [3.63, 3.8) is 0 Å². The van der Waals surface area contributed by atoms with Gasteiger partial charge in [0.15, 0.2) is 0 Å². The number of hydrogen-bond donors (Lipinski definition) is 0. The minimum atomic E-state index is -0.226. The van der Waals surface area contributed by atoms with Crippen LogP contribution in [0.1, 0.15) is 35.6 Å². The number of nitrogens with zero attached hydrogens (tertiary/aromatic N) is 4. The second kappa shape index (κ2) is 7.55. The quantitative estimate of drug-likeness (QED) is 0.484. The molecular formula is C26H24N4O. The summed E-state index contributed by atoms with van der Waals surface area (Å²) in [6.45, 7) is 3.65. The summed E-state index contributed by atoms with van der Waals surface area (Å²) in [7, 11) is 1.73. The van der Waals surface area contributed by atoms with Gasteiger partial charge in [0.2, 0.25) is 0 Å². The minimum Gasteiger partial charge on any atom is -0.370 e. The summed E-state index contributed by atoms with van der Waals surface area (Å²) >= 11 is 0. The molecule has 1 aliphatic rings. The maximum absolute atomic E-state index is 12.8. The van der Waals surface area contributed by atoms with Crippen LogP contribution in [0.5, 0.6) is 0 Å². The minimum absolute atomic E-state index is 0.226. The molecule has 0 N–H and O–H groups in total. The lowest BCUT2D eigenvalue weighted by Gasteiger charge is -2.35. The molecule has 1 aliphatic heterocycles. The zero-order chi connectivity index (χ0) is 21.5. The molecule has 0 spiro atoms. The Bertz CT molecular complexity index is 1410. The summed E-state index contributed by atoms with van der Waals surface area (Å²) in [5.41, 5.74) is 5.07. The number of rotatable bonds is 2. The molecule has 4 aromatic rings. The van der Waals surface area contributed by atoms with Crippen molar-refractivity contribution in [3.05, 3.63) is 81.8 Å². The first-order chi connectivity index (χ1) is 15.1. The number of nitriles is 1. The largest absolute Gasteiger partial charge is 0.370 e. The Morgan fingerprint density at radius 2 is 1.84 bits per heavy atom. The van der Waals surface area contributed by atoms with E-state index in [2.05, 4.69) is 46.3 Å². The number of para-hydroxylation sites is 1. The molecule has 0 radical (unpaired) electrons. The summed E-state index contributed by atoms with van der Waals surface area (Å²) < 4.78 is 1.58. The highest BCUT2D eigenvalue weighted by atomic mass is 16.1. The molecule has 0 unspecified atom stereocenters. The number of pyridine rings is 2. The molecule has 2 aromatic carbocycles. The first-order valence-corrected chi connectivity index (χ1v) is 10.7. The van der Waals surface area contributed by atoms with Crippen LogP contribution in [-0.2, 0) is 7.05 Å². The molecule has 0 amide bonds. The number of hydrogen-bond acceptors (Lipinski definition) is 4. The number of aryl methyl sites for hydroxylation is 2. The molecule has 0 bridgehead atoms. The van der Waals surface area contributed by atoms with Crippen molar-refractivity contribution in [2.24, 2.45) is 7.05 Å². The highest BCUT2D eigenvalue weighted by Gasteiger charge is 2.26. The predicted octanol–water partition coefficient (Wildman–Crippen LogP) is 4.65. The highest BCUT2D eigenvalue weighted by molar-refractivity contribution is 5.95. The molecule has 154 valence electrons. The third-order valence-electron chi connectivity index (χ3n) is 6.52. The fraction of sp³-hybridized carbons (Fsp3) is 0.269. The topological polar surface area (TPSA) is 61.9 Å². The van der Waals surface area contributed by atoms with E-state index in [4.69, 9.17) is 0 Å². The Labute approximate surface area is 181 Å². The summed E-state index contributed by atoms with van der Waals surface area (Å²) in [5, 5.41) is 11.9. The van der Waals surface area contributed by atoms with E-state index in [1.807, 2.05) is 31.2 Å². The predicted molar refractivity (Wildman–Crippen MR) is 125 cm³/mol. The molecule has 1 fully saturated rings. The molecule has 5 rings (SSSR count). The second-order valence-electron chi connectivity index (χ2n) is 8.38. The lowest BCUT2D eigenvalue weighted by molar-refractivity contribution is 0.506. The first kappa shape index (κ1) is 19.3. The van der Waals surface area contributed by atoms with Gasteiger partial charge in [0.1, 0.15) is 11.6 Å². The van der Waals surface area contributed by atoms with Crippen molar-refractivity contribution in [1.82, 2.24) is 9.55 Å². The molecule has 0 saturated carbocycles. The van der Waals surface area contributed by atoms with Crippen molar-refractivity contribution in [1.29, 1.82) is 5.26 Å². The van der Waals surface area contributed by atoms with E-state index < -0.39 is 0 Å². The summed E-state index contributed by atoms with van der Waals surface area (Å²) in [5.74, 6) is 0.463. The summed E-state index contributed by atoms with van der Waals surface area (Å²) in [6.07, 6.45) is 1.97. The van der Waals surface area contributed by atoms with Gasteiger partial charge in [-0.15, -0.1) is 0 Å². The van der Waals surface area contributed by atoms with Crippen LogP contribution in [0.25, 0.3) is 21.8 Å². The normalized spacial score (nSPS) is 14.8. The van der Waals surface area contributed by atoms with Crippen LogP contribution >= 0.6 is 0 Å². The molecule has 2 aromatic heterocycles. The Kier molecular flexibility index (Phi) is 4.71. The van der Waals surface area contributed by atoms with E-state index >= 15 is 0 Å². The van der Waals surface area contributed by atoms with Crippen LogP contribution in [0, 0.1) is 18.3 Å². The van der Waals surface area contributed by atoms with Crippen LogP contribution in [0.15, 0.2) is 59.4 Å². The summed E-state index contributed by atoms with van der Waals surface area (Å²) in [4.78, 5) is 19.7. The van der Waals surface area contributed by atoms with Crippen LogP contribution in [-0.4, -0.2) is 22.6 Å². The Balaban J connectivity index is 1.47. The van der Waals surface area contributed by atoms with Gasteiger partial charge in [0.05, 0.1) is 16.7 Å². The maximum atomic E-state index is 12.8. The van der Waals surface area contributed by atoms with E-state index in [0.29, 0.717) is 5.92 Å². The van der Waals surface area contributed by atoms with Crippen LogP contribution in [0.2, 0.25) is 0 Å². The van der Waals surface area contributed by atoms with E-state index in [9.17, 15) is 10.1 Å². The van der Waals surface area contributed by atoms with Gasteiger partial charge in [-0.2, -0.15) is 5.26 Å². The van der Waals surface area contributed by atoms with Crippen LogP contribution in [0.3, 0.4) is 0 Å². The van der Waals surface area contributed by atoms with Crippen molar-refractivity contribution in [3.8, 4) is 6.07 Å². The third-order valence-corrected chi connectivity index (χ3v) is 6.52. The maximum Gasteiger partial charge on any atom is 0.270 e. The molecular weight excluding hydrogens is 384 g/mol. The van der Waals surface area contributed by atoms with Crippen molar-refractivity contribution >= 4 is 27.5 Å². The number of fused-ring (bicyclic) bond motifs is 2. The first-order valence-electron chi connectivity index (χ1n) is 10.7. The fourth-order valence-electron chi connectivity index (χ4n) is 4.84. The van der Waals surface area contributed by atoms with Crippen LogP contribution in [0.4, 0.5) is 5.69 Å². The van der Waals surface area contributed by atoms with Gasteiger partial charge in [0.25, 0.3) is 5.56 Å². The van der Waals surface area contributed by atoms with Gasteiger partial charge >= 0.3 is 0 Å². The molecule has 0 aliphatic carbocycles. The number of anilines is 1. The highest BCUT2D eigenvalue weighted by Crippen LogP contribution is 2.35. The number of piperidine rings is 1. The fourth-order valence-corrected chi connectivity index (χ4v) is 4.84. The molecule has 0 atom stereocenters. The van der Waals surface area contributed by atoms with E-state index in [-0.39, 0.29) is 11.1 Å².